The number of rotatable bonds is 5. The van der Waals surface area contributed by atoms with Gasteiger partial charge in [0.05, 0.1) is 74.1 Å². The van der Waals surface area contributed by atoms with Gasteiger partial charge in [-0.2, -0.15) is 0 Å². The van der Waals surface area contributed by atoms with Gasteiger partial charge in [-0.15, -0.1) is 0 Å². The summed E-state index contributed by atoms with van der Waals surface area (Å²) in [7, 11) is 3.04. The molecule has 3 saturated carbocycles. The van der Waals surface area contributed by atoms with E-state index in [9.17, 15) is 28.8 Å². The second-order valence-corrected chi connectivity index (χ2v) is 29.9. The van der Waals surface area contributed by atoms with Crippen LogP contribution in [0.4, 0.5) is 17.6 Å². The molecule has 6 heterocycles. The number of carbonyl (C=O) groups excluding carboxylic acids is 6. The molecule has 0 N–H and O–H groups in total. The molecule has 4 bridgehead atoms. The molecule has 22 heteroatoms. The average Bonchev–Trinajstić information content (AvgIpc) is 1.55. The van der Waals surface area contributed by atoms with E-state index in [0.29, 0.717) is 83.7 Å². The molecule has 7 aliphatic rings. The van der Waals surface area contributed by atoms with E-state index in [4.69, 9.17) is 28.4 Å². The van der Waals surface area contributed by atoms with Crippen LogP contribution in [0.25, 0.3) is 21.8 Å². The summed E-state index contributed by atoms with van der Waals surface area (Å²) in [6.07, 6.45) is 9.07. The number of nitrogens with zero attached hydrogens (tertiary/aromatic N) is 4. The zero-order valence-corrected chi connectivity index (χ0v) is 59.2. The van der Waals surface area contributed by atoms with Crippen molar-refractivity contribution < 1.29 is 112 Å². The fraction of sp³-hybridized carbons (Fsp3) is 0.667. The van der Waals surface area contributed by atoms with Crippen molar-refractivity contribution in [3.63, 3.8) is 0 Å². The van der Waals surface area contributed by atoms with Crippen molar-refractivity contribution in [2.24, 2.45) is 58.2 Å². The number of halogens is 4. The number of methoxy groups -OCH3 is 2. The van der Waals surface area contributed by atoms with Gasteiger partial charge in [0.2, 0.25) is 23.6 Å². The SMILES string of the molecule is CC[C@@H]1[C@@H]2CN(C(=O)[C@H](C(C)(C)C)CC(=O)O[C@]3(C)CCC[C@H]3CCCCC(F)(F)c3cc4ccc(OC)cc4nc3O2)[C@@H]1[C-]=O.COc1ccc2cc3c(nc2c1)O[C@H]1CN(C(=O)[C@H](C(C)(C)C)CC(=O)O[C@]2(C)CC4CC4[C@H]2CCCCC3(F)F)[C@H]([C-]=O)[C@@H]1C.[V].[V]. The van der Waals surface area contributed by atoms with Crippen LogP contribution in [0.15, 0.2) is 48.5 Å². The number of aromatic nitrogens is 2. The molecular formula is C72H92F4N4O12V2-2. The van der Waals surface area contributed by atoms with Crippen LogP contribution in [-0.4, -0.2) is 119 Å². The number of esters is 2. The van der Waals surface area contributed by atoms with Crippen LogP contribution in [0.5, 0.6) is 23.3 Å². The zero-order valence-electron chi connectivity index (χ0n) is 56.4. The van der Waals surface area contributed by atoms with Gasteiger partial charge in [-0.1, -0.05) is 86.7 Å². The van der Waals surface area contributed by atoms with Gasteiger partial charge in [0, 0.05) is 78.8 Å². The van der Waals surface area contributed by atoms with Crippen molar-refractivity contribution in [3.8, 4) is 23.3 Å². The minimum atomic E-state index is -3.25. The number of ether oxygens (including phenoxy) is 6. The fourth-order valence-electron chi connectivity index (χ4n) is 16.0. The van der Waals surface area contributed by atoms with Crippen molar-refractivity contribution in [3.05, 3.63) is 59.7 Å². The Morgan fingerprint density at radius 1 is 0.628 bits per heavy atom. The number of hydrogen-bond acceptors (Lipinski definition) is 14. The fourth-order valence-corrected chi connectivity index (χ4v) is 16.0. The molecule has 512 valence electrons. The molecule has 3 aliphatic carbocycles. The van der Waals surface area contributed by atoms with E-state index >= 15 is 17.6 Å². The molecule has 94 heavy (non-hydrogen) atoms. The summed E-state index contributed by atoms with van der Waals surface area (Å²) in [6, 6.07) is 11.0. The van der Waals surface area contributed by atoms with E-state index in [1.54, 1.807) is 43.3 Å². The van der Waals surface area contributed by atoms with E-state index in [1.165, 1.54) is 36.2 Å². The van der Waals surface area contributed by atoms with Crippen molar-refractivity contribution in [1.29, 1.82) is 0 Å². The molecule has 2 radical (unpaired) electrons. The van der Waals surface area contributed by atoms with Gasteiger partial charge in [-0.3, -0.25) is 19.2 Å². The van der Waals surface area contributed by atoms with E-state index in [-0.39, 0.29) is 122 Å². The predicted octanol–water partition coefficient (Wildman–Crippen LogP) is 13.8. The maximum absolute atomic E-state index is 16.2. The topological polar surface area (TPSA) is 190 Å². The van der Waals surface area contributed by atoms with Crippen molar-refractivity contribution in [1.82, 2.24) is 19.8 Å². The van der Waals surface area contributed by atoms with Gasteiger partial charge >= 0.3 is 11.9 Å². The van der Waals surface area contributed by atoms with Crippen LogP contribution in [-0.2, 0) is 87.2 Å². The summed E-state index contributed by atoms with van der Waals surface area (Å²) in [5.41, 5.74) is -2.44. The smallest absolute Gasteiger partial charge is 0.307 e. The van der Waals surface area contributed by atoms with Crippen LogP contribution in [0.2, 0.25) is 0 Å². The van der Waals surface area contributed by atoms with E-state index < -0.39 is 107 Å². The summed E-state index contributed by atoms with van der Waals surface area (Å²) in [4.78, 5) is 92.2. The van der Waals surface area contributed by atoms with Gasteiger partial charge in [0.1, 0.15) is 34.9 Å². The normalized spacial score (nSPS) is 32.1. The van der Waals surface area contributed by atoms with Gasteiger partial charge in [-0.25, -0.2) is 40.1 Å². The number of alkyl halides is 4. The first-order valence-electron chi connectivity index (χ1n) is 33.2. The van der Waals surface area contributed by atoms with Crippen LogP contribution in [0, 0.1) is 58.2 Å². The number of benzene rings is 2. The summed E-state index contributed by atoms with van der Waals surface area (Å²) in [5.74, 6) is -9.14. The van der Waals surface area contributed by atoms with Crippen LogP contribution >= 0.6 is 0 Å². The molecule has 2 aromatic heterocycles. The van der Waals surface area contributed by atoms with Gasteiger partial charge in [0.15, 0.2) is 0 Å². The Labute approximate surface area is 574 Å². The number of carbonyl (C=O) groups is 4. The number of hydrogen-bond donors (Lipinski definition) is 0. The summed E-state index contributed by atoms with van der Waals surface area (Å²) < 4.78 is 100. The number of pyridine rings is 2. The monoisotopic (exact) mass is 1380 g/mol. The van der Waals surface area contributed by atoms with Crippen molar-refractivity contribution >= 4 is 58.1 Å². The number of fused-ring (bicyclic) bond motifs is 12. The molecule has 14 atom stereocenters. The van der Waals surface area contributed by atoms with Crippen LogP contribution in [0.3, 0.4) is 0 Å². The molecule has 5 fully saturated rings. The van der Waals surface area contributed by atoms with E-state index in [2.05, 4.69) is 9.97 Å². The van der Waals surface area contributed by atoms with Crippen molar-refractivity contribution in [2.45, 2.75) is 219 Å². The molecule has 4 aromatic rings. The third kappa shape index (κ3) is 15.4. The third-order valence-corrected chi connectivity index (χ3v) is 21.7. The standard InChI is InChI=1S/C36H45F2N2O6.C36H47F2N2O6.2V/c1-20-29(19-41)40-18-30(20)45-32-26(14-21-10-11-23(44-6)15-28(21)39-32)36(37,38)12-8-7-9-25-24-13-22(24)17-35(25,5)46-31(42)16-27(33(40)43)34(2,3)4;1-7-25-29(21-41)40-20-30(25)45-32-26(17-22-13-14-24(44-6)18-28(22)39-32)36(37,38)16-9-8-11-23-12-10-15-35(23,5)46-31(42)19-27(33(40)43)34(2,3)4;;/h10-11,14-15,20,22,24-25,27,29-30H,7-9,12-13,16-18H2,1-6H3;13-14,17-18,23,25,27,29-30H,7-12,15-16,19-20H2,1-6H3;;/q2*-1;;/t20-,22?,24?,25+,27+,29+,30-,35+;23-,25+,27-,29-,30+,35-;;/m01../s1. The first-order valence-corrected chi connectivity index (χ1v) is 33.2. The van der Waals surface area contributed by atoms with E-state index in [0.717, 1.165) is 25.7 Å². The Morgan fingerprint density at radius 3 is 1.59 bits per heavy atom. The van der Waals surface area contributed by atoms with Gasteiger partial charge in [-0.05, 0) is 148 Å². The molecule has 2 amide bonds. The second kappa shape index (κ2) is 28.9. The Balaban J connectivity index is 0.000000236. The maximum atomic E-state index is 16.2. The Bertz CT molecular complexity index is 3440. The molecular weight excluding hydrogens is 1290 g/mol. The maximum Gasteiger partial charge on any atom is 0.307 e. The molecule has 11 rings (SSSR count). The largest absolute Gasteiger partial charge is 0.540 e. The summed E-state index contributed by atoms with van der Waals surface area (Å²) in [6.45, 7) is 18.8. The Morgan fingerprint density at radius 2 is 1.10 bits per heavy atom. The predicted molar refractivity (Wildman–Crippen MR) is 337 cm³/mol. The summed E-state index contributed by atoms with van der Waals surface area (Å²) >= 11 is 0. The quantitative estimate of drug-likeness (QED) is 0.104. The molecule has 2 unspecified atom stereocenters. The van der Waals surface area contributed by atoms with Crippen molar-refractivity contribution in [2.75, 3.05) is 27.3 Å². The molecule has 16 nitrogen and oxygen atoms in total. The zero-order chi connectivity index (χ0) is 66.6. The second-order valence-electron chi connectivity index (χ2n) is 29.9. The molecule has 4 aliphatic heterocycles. The minimum absolute atomic E-state index is 0. The van der Waals surface area contributed by atoms with Crippen LogP contribution < -0.4 is 18.9 Å². The molecule has 0 spiro atoms. The molecule has 2 saturated heterocycles. The number of amides is 2. The first kappa shape index (κ1) is 74.4. The Hall–Kier alpha value is -5.43. The van der Waals surface area contributed by atoms with Gasteiger partial charge in [0.25, 0.3) is 11.8 Å². The van der Waals surface area contributed by atoms with E-state index in [1.807, 2.05) is 74.9 Å². The third-order valence-electron chi connectivity index (χ3n) is 21.7. The van der Waals surface area contributed by atoms with Gasteiger partial charge < -0.3 is 47.8 Å². The molecule has 2 aromatic carbocycles. The minimum Gasteiger partial charge on any atom is -0.540 e. The average molecular weight is 1380 g/mol. The Kier molecular flexibility index (Phi) is 22.9. The van der Waals surface area contributed by atoms with Crippen LogP contribution in [0.1, 0.15) is 183 Å². The first-order chi connectivity index (χ1) is 43.3. The summed E-state index contributed by atoms with van der Waals surface area (Å²) in [5, 5.41) is 1.05.